The topological polar surface area (TPSA) is 81.3 Å². The number of imidazole rings is 1. The van der Waals surface area contributed by atoms with E-state index in [0.717, 1.165) is 13.1 Å². The molecule has 136 valence electrons. The molecule has 0 amide bonds. The number of ketones is 2. The minimum Gasteiger partial charge on any atom is -0.451 e. The standard InChI is InChI=1S/C20H17N3O4/c1-11-15(22-9-10-22)18(25)14-16(17(11)24)23-8-7-13(19(23)21-14)27-20(26)12-5-3-2-4-6-12/h2-6,13H,7-10H2,1H3. The smallest absolute Gasteiger partial charge is 0.338 e. The maximum Gasteiger partial charge on any atom is 0.338 e. The van der Waals surface area contributed by atoms with E-state index in [-0.39, 0.29) is 17.3 Å². The first-order valence-electron chi connectivity index (χ1n) is 8.98. The largest absolute Gasteiger partial charge is 0.451 e. The molecule has 1 aromatic carbocycles. The van der Waals surface area contributed by atoms with Gasteiger partial charge >= 0.3 is 5.97 Å². The number of hydrogen-bond donors (Lipinski definition) is 0. The van der Waals surface area contributed by atoms with Gasteiger partial charge in [-0.2, -0.15) is 0 Å². The monoisotopic (exact) mass is 363 g/mol. The molecule has 0 spiro atoms. The molecular weight excluding hydrogens is 346 g/mol. The number of carbonyl (C=O) groups excluding carboxylic acids is 3. The van der Waals surface area contributed by atoms with Crippen LogP contribution in [0, 0.1) is 0 Å². The third-order valence-corrected chi connectivity index (χ3v) is 5.26. The minimum atomic E-state index is -0.561. The van der Waals surface area contributed by atoms with E-state index >= 15 is 0 Å². The molecule has 1 aromatic heterocycles. The van der Waals surface area contributed by atoms with Gasteiger partial charge in [0.15, 0.2) is 11.9 Å². The Hall–Kier alpha value is -3.22. The van der Waals surface area contributed by atoms with Crippen molar-refractivity contribution >= 4 is 17.5 Å². The van der Waals surface area contributed by atoms with E-state index in [4.69, 9.17) is 4.74 Å². The second-order valence-corrected chi connectivity index (χ2v) is 6.99. The number of fused-ring (bicyclic) bond motifs is 3. The number of aromatic nitrogens is 2. The van der Waals surface area contributed by atoms with Crippen molar-refractivity contribution in [1.82, 2.24) is 14.5 Å². The highest BCUT2D eigenvalue weighted by Gasteiger charge is 2.43. The molecule has 1 atom stereocenters. The molecule has 0 saturated carbocycles. The normalized spacial score (nSPS) is 20.6. The summed E-state index contributed by atoms with van der Waals surface area (Å²) >= 11 is 0. The lowest BCUT2D eigenvalue weighted by Gasteiger charge is -2.17. The maximum atomic E-state index is 12.9. The molecule has 3 heterocycles. The van der Waals surface area contributed by atoms with Crippen LogP contribution in [0.15, 0.2) is 41.6 Å². The second kappa shape index (κ2) is 5.64. The van der Waals surface area contributed by atoms with Crippen molar-refractivity contribution in [2.24, 2.45) is 0 Å². The highest BCUT2D eigenvalue weighted by Crippen LogP contribution is 2.37. The second-order valence-electron chi connectivity index (χ2n) is 6.99. The summed E-state index contributed by atoms with van der Waals surface area (Å²) in [7, 11) is 0. The predicted octanol–water partition coefficient (Wildman–Crippen LogP) is 2.15. The van der Waals surface area contributed by atoms with Crippen molar-refractivity contribution < 1.29 is 19.1 Å². The van der Waals surface area contributed by atoms with Gasteiger partial charge in [0, 0.05) is 31.6 Å². The van der Waals surface area contributed by atoms with Crippen LogP contribution in [0.5, 0.6) is 0 Å². The van der Waals surface area contributed by atoms with Crippen molar-refractivity contribution in [3.8, 4) is 0 Å². The fourth-order valence-electron chi connectivity index (χ4n) is 3.81. The molecule has 2 aromatic rings. The number of esters is 1. The molecule has 1 saturated heterocycles. The van der Waals surface area contributed by atoms with E-state index in [9.17, 15) is 14.4 Å². The van der Waals surface area contributed by atoms with Gasteiger partial charge in [-0.15, -0.1) is 0 Å². The summed E-state index contributed by atoms with van der Waals surface area (Å²) in [4.78, 5) is 44.4. The van der Waals surface area contributed by atoms with Gasteiger partial charge in [-0.1, -0.05) is 18.2 Å². The number of benzene rings is 1. The fraction of sp³-hybridized carbons (Fsp3) is 0.300. The van der Waals surface area contributed by atoms with Crippen molar-refractivity contribution in [2.75, 3.05) is 13.1 Å². The summed E-state index contributed by atoms with van der Waals surface area (Å²) in [5, 5.41) is 0. The molecule has 7 nitrogen and oxygen atoms in total. The quantitative estimate of drug-likeness (QED) is 0.614. The lowest BCUT2D eigenvalue weighted by atomic mass is 9.95. The summed E-state index contributed by atoms with van der Waals surface area (Å²) in [6.45, 7) is 3.76. The van der Waals surface area contributed by atoms with Gasteiger partial charge in [0.1, 0.15) is 11.4 Å². The first-order chi connectivity index (χ1) is 13.1. The van der Waals surface area contributed by atoms with E-state index < -0.39 is 12.1 Å². The Morgan fingerprint density at radius 3 is 2.56 bits per heavy atom. The number of rotatable bonds is 3. The average Bonchev–Trinajstić information content (AvgIpc) is 3.32. The SMILES string of the molecule is CC1=C(N2CC2)C(=O)c2nc3n(c2C1=O)CCC3OC(=O)c1ccccc1. The van der Waals surface area contributed by atoms with Crippen LogP contribution >= 0.6 is 0 Å². The molecule has 3 aliphatic rings. The van der Waals surface area contributed by atoms with Crippen LogP contribution in [0.2, 0.25) is 0 Å². The number of hydrogen-bond acceptors (Lipinski definition) is 6. The molecule has 2 aliphatic heterocycles. The Labute approximate surface area is 155 Å². The van der Waals surface area contributed by atoms with Gasteiger partial charge in [0.25, 0.3) is 0 Å². The van der Waals surface area contributed by atoms with Crippen LogP contribution in [0.4, 0.5) is 0 Å². The summed E-state index contributed by atoms with van der Waals surface area (Å²) in [6, 6.07) is 8.74. The third kappa shape index (κ3) is 2.34. The predicted molar refractivity (Wildman–Crippen MR) is 94.4 cm³/mol. The van der Waals surface area contributed by atoms with Crippen molar-refractivity contribution in [3.63, 3.8) is 0 Å². The number of allylic oxidation sites excluding steroid dienone is 2. The molecule has 0 bridgehead atoms. The molecular formula is C20H17N3O4. The van der Waals surface area contributed by atoms with E-state index in [1.807, 2.05) is 11.0 Å². The number of carbonyl (C=O) groups is 3. The molecule has 1 aliphatic carbocycles. The molecule has 1 unspecified atom stereocenters. The van der Waals surface area contributed by atoms with E-state index in [1.54, 1.807) is 35.8 Å². The first kappa shape index (κ1) is 16.0. The van der Waals surface area contributed by atoms with Crippen LogP contribution in [-0.2, 0) is 11.3 Å². The molecule has 5 rings (SSSR count). The maximum absolute atomic E-state index is 12.9. The Kier molecular flexibility index (Phi) is 3.34. The summed E-state index contributed by atoms with van der Waals surface area (Å²) in [6.07, 6.45) is -0.0221. The molecule has 27 heavy (non-hydrogen) atoms. The van der Waals surface area contributed by atoms with Crippen LogP contribution in [0.3, 0.4) is 0 Å². The molecule has 0 N–H and O–H groups in total. The Bertz CT molecular complexity index is 1030. The highest BCUT2D eigenvalue weighted by atomic mass is 16.5. The Morgan fingerprint density at radius 1 is 1.11 bits per heavy atom. The third-order valence-electron chi connectivity index (χ3n) is 5.26. The van der Waals surface area contributed by atoms with Gasteiger partial charge in [0.05, 0.1) is 11.3 Å². The van der Waals surface area contributed by atoms with Gasteiger partial charge < -0.3 is 14.2 Å². The van der Waals surface area contributed by atoms with Crippen LogP contribution < -0.4 is 0 Å². The van der Waals surface area contributed by atoms with Gasteiger partial charge in [0.2, 0.25) is 11.6 Å². The van der Waals surface area contributed by atoms with E-state index in [0.29, 0.717) is 41.3 Å². The Balaban J connectivity index is 1.48. The van der Waals surface area contributed by atoms with Crippen molar-refractivity contribution in [2.45, 2.75) is 26.0 Å². The zero-order valence-corrected chi connectivity index (χ0v) is 14.8. The van der Waals surface area contributed by atoms with Gasteiger partial charge in [-0.25, -0.2) is 9.78 Å². The van der Waals surface area contributed by atoms with Crippen LogP contribution in [0.25, 0.3) is 0 Å². The average molecular weight is 363 g/mol. The zero-order chi connectivity index (χ0) is 18.7. The van der Waals surface area contributed by atoms with E-state index in [2.05, 4.69) is 4.98 Å². The molecule has 7 heteroatoms. The fourth-order valence-corrected chi connectivity index (χ4v) is 3.81. The summed E-state index contributed by atoms with van der Waals surface area (Å²) in [5.41, 5.74) is 1.90. The van der Waals surface area contributed by atoms with Gasteiger partial charge in [-0.05, 0) is 19.1 Å². The minimum absolute atomic E-state index is 0.166. The number of Topliss-reactive ketones (excluding diaryl/α,β-unsaturated/α-hetero) is 2. The first-order valence-corrected chi connectivity index (χ1v) is 8.98. The van der Waals surface area contributed by atoms with Crippen molar-refractivity contribution in [1.29, 1.82) is 0 Å². The van der Waals surface area contributed by atoms with Gasteiger partial charge in [-0.3, -0.25) is 9.59 Å². The summed E-state index contributed by atoms with van der Waals surface area (Å²) in [5.74, 6) is -0.340. The van der Waals surface area contributed by atoms with Crippen molar-refractivity contribution in [3.05, 3.63) is 64.4 Å². The Morgan fingerprint density at radius 2 is 1.85 bits per heavy atom. The van der Waals surface area contributed by atoms with Crippen LogP contribution in [0.1, 0.15) is 56.6 Å². The lowest BCUT2D eigenvalue weighted by molar-refractivity contribution is 0.0292. The summed E-state index contributed by atoms with van der Waals surface area (Å²) < 4.78 is 7.35. The molecule has 1 fully saturated rings. The zero-order valence-electron chi connectivity index (χ0n) is 14.8. The molecule has 0 radical (unpaired) electrons. The number of ether oxygens (including phenoxy) is 1. The number of nitrogens with zero attached hydrogens (tertiary/aromatic N) is 3. The van der Waals surface area contributed by atoms with Crippen LogP contribution in [-0.4, -0.2) is 45.1 Å². The highest BCUT2D eigenvalue weighted by molar-refractivity contribution is 6.25. The van der Waals surface area contributed by atoms with E-state index in [1.165, 1.54) is 0 Å². The lowest BCUT2D eigenvalue weighted by Crippen LogP contribution is -2.26.